The molecule has 51 heavy (non-hydrogen) atoms. The molecule has 1 unspecified atom stereocenters. The van der Waals surface area contributed by atoms with E-state index in [-0.39, 0.29) is 31.0 Å². The zero-order valence-electron chi connectivity index (χ0n) is 28.6. The van der Waals surface area contributed by atoms with Crippen molar-refractivity contribution in [2.45, 2.75) is 44.5 Å². The number of carbonyl (C=O) groups excluding carboxylic acids is 2. The van der Waals surface area contributed by atoms with Crippen molar-refractivity contribution in [3.63, 3.8) is 0 Å². The molecule has 0 aliphatic carbocycles. The number of ether oxygens (including phenoxy) is 2. The van der Waals surface area contributed by atoms with Gasteiger partial charge in [-0.3, -0.25) is 14.6 Å². The van der Waals surface area contributed by atoms with Gasteiger partial charge in [-0.25, -0.2) is 18.4 Å². The molecule has 1 saturated heterocycles. The first-order chi connectivity index (χ1) is 24.6. The molecule has 5 heterocycles. The van der Waals surface area contributed by atoms with Crippen LogP contribution in [0.4, 0.5) is 14.6 Å². The van der Waals surface area contributed by atoms with E-state index in [0.717, 1.165) is 0 Å². The summed E-state index contributed by atoms with van der Waals surface area (Å²) in [6.07, 6.45) is 3.50. The molecular weight excluding hydrogens is 660 g/mol. The van der Waals surface area contributed by atoms with Crippen molar-refractivity contribution in [3.8, 4) is 22.7 Å². The van der Waals surface area contributed by atoms with Gasteiger partial charge in [0.15, 0.2) is 0 Å². The lowest BCUT2D eigenvalue weighted by Crippen LogP contribution is -2.48. The van der Waals surface area contributed by atoms with E-state index in [2.05, 4.69) is 20.4 Å². The number of fused-ring (bicyclic) bond motifs is 4. The third kappa shape index (κ3) is 6.61. The van der Waals surface area contributed by atoms with Crippen LogP contribution < -0.4 is 15.8 Å². The average Bonchev–Trinajstić information content (AvgIpc) is 3.82. The number of pyridine rings is 1. The van der Waals surface area contributed by atoms with Crippen LogP contribution in [0.25, 0.3) is 28.0 Å². The lowest BCUT2D eigenvalue weighted by Gasteiger charge is -2.30. The number of halogens is 2. The van der Waals surface area contributed by atoms with Crippen molar-refractivity contribution in [2.75, 3.05) is 45.7 Å². The van der Waals surface area contributed by atoms with E-state index in [0.29, 0.717) is 71.5 Å². The number of likely N-dealkylation sites (N-methyl/N-ethyl adjacent to an activating group) is 1. The number of imidazole rings is 1. The first kappa shape index (κ1) is 34.1. The summed E-state index contributed by atoms with van der Waals surface area (Å²) in [6.45, 7) is 3.36. The fourth-order valence-corrected chi connectivity index (χ4v) is 6.93. The summed E-state index contributed by atoms with van der Waals surface area (Å²) in [4.78, 5) is 40.4. The largest absolute Gasteiger partial charge is 0.491 e. The number of nitrogens with two attached hydrogens (primary N) is 1. The SMILES string of the molecule is COC(CN(C)C(=O)[C@@H]1C[C@H](N)CN1C(=O)c1cnn2c1NCCCOc1cc(F)ccc1-2)Cn1c(C)nc2cc(F)cc(-c3ccccn3)c21. The average molecular weight is 700 g/mol. The van der Waals surface area contributed by atoms with Crippen molar-refractivity contribution in [2.24, 2.45) is 5.73 Å². The molecule has 266 valence electrons. The molecule has 2 aliphatic rings. The first-order valence-corrected chi connectivity index (χ1v) is 16.8. The third-order valence-electron chi connectivity index (χ3n) is 9.41. The molecule has 2 amide bonds. The Morgan fingerprint density at radius 1 is 1.18 bits per heavy atom. The molecule has 13 nitrogen and oxygen atoms in total. The van der Waals surface area contributed by atoms with E-state index in [1.165, 1.54) is 40.0 Å². The summed E-state index contributed by atoms with van der Waals surface area (Å²) in [6, 6.07) is 11.2. The molecule has 2 aromatic carbocycles. The fourth-order valence-electron chi connectivity index (χ4n) is 6.93. The van der Waals surface area contributed by atoms with Gasteiger partial charge in [-0.15, -0.1) is 0 Å². The molecule has 0 saturated carbocycles. The second-order valence-electron chi connectivity index (χ2n) is 12.9. The highest BCUT2D eigenvalue weighted by Gasteiger charge is 2.41. The number of likely N-dealkylation sites (tertiary alicyclic amines) is 1. The maximum Gasteiger partial charge on any atom is 0.259 e. The van der Waals surface area contributed by atoms with Crippen molar-refractivity contribution in [3.05, 3.63) is 83.9 Å². The molecule has 15 heteroatoms. The van der Waals surface area contributed by atoms with Crippen LogP contribution in [0.5, 0.6) is 5.75 Å². The van der Waals surface area contributed by atoms with E-state index in [9.17, 15) is 18.4 Å². The Kier molecular flexibility index (Phi) is 9.40. The Labute approximate surface area is 293 Å². The zero-order valence-corrected chi connectivity index (χ0v) is 28.6. The van der Waals surface area contributed by atoms with Gasteiger partial charge in [0.1, 0.15) is 46.3 Å². The standard InChI is InChI=1S/C36H39F2N9O4/c1-21-43-29-14-23(38)13-26(28-7-4-5-10-40-28)33(29)45(21)20-25(50-3)19-44(2)36(49)31-16-24(39)18-46(31)35(48)27-17-42-47-30-9-8-22(37)15-32(30)51-12-6-11-41-34(27)47/h4-5,7-10,13-15,17,24-25,31,41H,6,11-12,16,18-20,39H2,1-3H3/t24-,25?,31-/m0/s1. The number of rotatable bonds is 8. The maximum atomic E-state index is 14.7. The Balaban J connectivity index is 1.12. The summed E-state index contributed by atoms with van der Waals surface area (Å²) in [7, 11) is 3.24. The van der Waals surface area contributed by atoms with E-state index in [1.54, 1.807) is 37.4 Å². The van der Waals surface area contributed by atoms with Crippen LogP contribution in [0.3, 0.4) is 0 Å². The lowest BCUT2D eigenvalue weighted by atomic mass is 10.1. The van der Waals surface area contributed by atoms with Gasteiger partial charge < -0.3 is 34.9 Å². The molecule has 0 spiro atoms. The molecule has 7 rings (SSSR count). The second kappa shape index (κ2) is 14.1. The van der Waals surface area contributed by atoms with E-state index >= 15 is 0 Å². The minimum atomic E-state index is -0.818. The number of amides is 2. The molecular formula is C36H39F2N9O4. The second-order valence-corrected chi connectivity index (χ2v) is 12.9. The molecule has 5 aromatic rings. The molecule has 3 aromatic heterocycles. The number of nitrogens with one attached hydrogen (secondary N) is 1. The lowest BCUT2D eigenvalue weighted by molar-refractivity contribution is -0.135. The van der Waals surface area contributed by atoms with E-state index < -0.39 is 35.7 Å². The number of aryl methyl sites for hydroxylation is 1. The minimum absolute atomic E-state index is 0.180. The van der Waals surface area contributed by atoms with Crippen molar-refractivity contribution < 1.29 is 27.8 Å². The highest BCUT2D eigenvalue weighted by molar-refractivity contribution is 6.02. The Bertz CT molecular complexity index is 2090. The fraction of sp³-hybridized carbons (Fsp3) is 0.361. The molecule has 1 fully saturated rings. The van der Waals surface area contributed by atoms with Crippen LogP contribution in [0, 0.1) is 18.6 Å². The van der Waals surface area contributed by atoms with Gasteiger partial charge in [-0.05, 0) is 50.1 Å². The quantitative estimate of drug-likeness (QED) is 0.247. The number of carbonyl (C=O) groups is 2. The summed E-state index contributed by atoms with van der Waals surface area (Å²) >= 11 is 0. The smallest absolute Gasteiger partial charge is 0.259 e. The van der Waals surface area contributed by atoms with Gasteiger partial charge in [0.25, 0.3) is 5.91 Å². The number of aromatic nitrogens is 5. The van der Waals surface area contributed by atoms with Crippen LogP contribution in [-0.4, -0.2) is 105 Å². The van der Waals surface area contributed by atoms with Gasteiger partial charge in [-0.2, -0.15) is 5.10 Å². The Morgan fingerprint density at radius 2 is 2.02 bits per heavy atom. The number of anilines is 1. The highest BCUT2D eigenvalue weighted by atomic mass is 19.1. The molecule has 0 radical (unpaired) electrons. The predicted octanol–water partition coefficient (Wildman–Crippen LogP) is 3.78. The summed E-state index contributed by atoms with van der Waals surface area (Å²) in [5.74, 6) is -0.157. The number of hydrogen-bond acceptors (Lipinski definition) is 9. The topological polar surface area (TPSA) is 146 Å². The van der Waals surface area contributed by atoms with Gasteiger partial charge in [0, 0.05) is 63.7 Å². The maximum absolute atomic E-state index is 14.7. The summed E-state index contributed by atoms with van der Waals surface area (Å²) in [5.41, 5.74) is 9.51. The van der Waals surface area contributed by atoms with Gasteiger partial charge in [0.2, 0.25) is 5.91 Å². The minimum Gasteiger partial charge on any atom is -0.491 e. The number of hydrogen-bond donors (Lipinski definition) is 2. The van der Waals surface area contributed by atoms with Crippen LogP contribution >= 0.6 is 0 Å². The molecule has 3 N–H and O–H groups in total. The summed E-state index contributed by atoms with van der Waals surface area (Å²) < 4.78 is 43.9. The van der Waals surface area contributed by atoms with E-state index in [4.69, 9.17) is 15.2 Å². The van der Waals surface area contributed by atoms with Crippen LogP contribution in [-0.2, 0) is 16.1 Å². The normalized spacial score (nSPS) is 17.8. The molecule has 0 bridgehead atoms. The van der Waals surface area contributed by atoms with Gasteiger partial charge in [-0.1, -0.05) is 6.07 Å². The van der Waals surface area contributed by atoms with Crippen LogP contribution in [0.1, 0.15) is 29.0 Å². The van der Waals surface area contributed by atoms with Crippen molar-refractivity contribution in [1.82, 2.24) is 34.1 Å². The molecule has 2 aliphatic heterocycles. The van der Waals surface area contributed by atoms with E-state index in [1.807, 2.05) is 23.6 Å². The zero-order chi connectivity index (χ0) is 35.8. The first-order valence-electron chi connectivity index (χ1n) is 16.8. The Hall–Kier alpha value is -5.41. The predicted molar refractivity (Wildman–Crippen MR) is 186 cm³/mol. The number of benzene rings is 2. The molecule has 3 atom stereocenters. The highest BCUT2D eigenvalue weighted by Crippen LogP contribution is 2.33. The van der Waals surface area contributed by atoms with Crippen LogP contribution in [0.2, 0.25) is 0 Å². The van der Waals surface area contributed by atoms with Gasteiger partial charge >= 0.3 is 0 Å². The van der Waals surface area contributed by atoms with Crippen molar-refractivity contribution in [1.29, 1.82) is 0 Å². The Morgan fingerprint density at radius 3 is 2.80 bits per heavy atom. The third-order valence-corrected chi connectivity index (χ3v) is 9.41. The van der Waals surface area contributed by atoms with Gasteiger partial charge in [0.05, 0.1) is 42.2 Å². The van der Waals surface area contributed by atoms with Crippen LogP contribution in [0.15, 0.2) is 60.9 Å². The van der Waals surface area contributed by atoms with Crippen molar-refractivity contribution >= 4 is 28.7 Å². The monoisotopic (exact) mass is 699 g/mol. The summed E-state index contributed by atoms with van der Waals surface area (Å²) in [5, 5.41) is 7.75. The number of methoxy groups -OCH3 is 1. The number of nitrogens with zero attached hydrogens (tertiary/aromatic N) is 7.